The van der Waals surface area contributed by atoms with Crippen LogP contribution < -0.4 is 20.7 Å². The Bertz CT molecular complexity index is 1760. The largest absolute Gasteiger partial charge is 0.488 e. The smallest absolute Gasteiger partial charge is 0.315 e. The molecule has 0 bridgehead atoms. The van der Waals surface area contributed by atoms with Gasteiger partial charge in [0.1, 0.15) is 17.4 Å². The molecule has 0 aliphatic rings. The van der Waals surface area contributed by atoms with E-state index < -0.39 is 29.5 Å². The Morgan fingerprint density at radius 1 is 0.755 bits per heavy atom. The number of hydrogen-bond donors (Lipinski definition) is 3. The van der Waals surface area contributed by atoms with Gasteiger partial charge in [0.05, 0.1) is 0 Å². The second kappa shape index (κ2) is 19.3. The highest BCUT2D eigenvalue weighted by atomic mass is 16.7. The van der Waals surface area contributed by atoms with E-state index in [9.17, 15) is 14.4 Å². The fourth-order valence-electron chi connectivity index (χ4n) is 6.13. The predicted octanol–water partition coefficient (Wildman–Crippen LogP) is 7.25. The number of carbonyl (C=O) groups excluding carboxylic acids is 3. The van der Waals surface area contributed by atoms with Gasteiger partial charge in [0.2, 0.25) is 5.91 Å². The third kappa shape index (κ3) is 13.6. The van der Waals surface area contributed by atoms with E-state index in [0.29, 0.717) is 44.2 Å². The molecule has 10 heteroatoms. The standard InChI is InChI=1S/C43H56N4O6/c1-8-51-39(52-9-2)30-47(28-34-20-15-19-32-18-13-14-21-36(32)34)29-37(40(49)33-22-24-35(25-23-33)53-42(3,4)5)45-38(48)26-43(6,7)46-41(50)44-27-31-16-11-10-12-17-31/h10-25,37,39H,8-9,26-30H2,1-7H3,(H,45,48)(H2,44,46,50). The summed E-state index contributed by atoms with van der Waals surface area (Å²) in [4.78, 5) is 43.1. The number of Topliss-reactive ketones (excluding diaryl/α,β-unsaturated/α-hetero) is 1. The summed E-state index contributed by atoms with van der Waals surface area (Å²) in [7, 11) is 0. The number of ketones is 1. The number of benzene rings is 4. The van der Waals surface area contributed by atoms with Crippen molar-refractivity contribution in [2.75, 3.05) is 26.3 Å². The zero-order valence-corrected chi connectivity index (χ0v) is 32.2. The van der Waals surface area contributed by atoms with Crippen LogP contribution >= 0.6 is 0 Å². The lowest BCUT2D eigenvalue weighted by Crippen LogP contribution is -2.54. The Morgan fingerprint density at radius 3 is 2.06 bits per heavy atom. The van der Waals surface area contributed by atoms with Gasteiger partial charge in [-0.05, 0) is 94.6 Å². The summed E-state index contributed by atoms with van der Waals surface area (Å²) in [5, 5.41) is 11.0. The van der Waals surface area contributed by atoms with Crippen LogP contribution in [0.2, 0.25) is 0 Å². The van der Waals surface area contributed by atoms with Crippen LogP contribution in [-0.2, 0) is 27.4 Å². The van der Waals surface area contributed by atoms with Gasteiger partial charge in [0.15, 0.2) is 12.1 Å². The molecule has 0 fully saturated rings. The number of nitrogens with zero attached hydrogens (tertiary/aromatic N) is 1. The van der Waals surface area contributed by atoms with Crippen LogP contribution in [-0.4, -0.2) is 72.4 Å². The van der Waals surface area contributed by atoms with Crippen LogP contribution in [0.15, 0.2) is 97.1 Å². The molecule has 0 aliphatic heterocycles. The van der Waals surface area contributed by atoms with Gasteiger partial charge in [-0.1, -0.05) is 72.8 Å². The number of nitrogens with one attached hydrogen (secondary N) is 3. The maximum absolute atomic E-state index is 14.4. The minimum Gasteiger partial charge on any atom is -0.488 e. The molecule has 1 atom stereocenters. The molecular weight excluding hydrogens is 668 g/mol. The van der Waals surface area contributed by atoms with Gasteiger partial charge in [-0.15, -0.1) is 0 Å². The number of ether oxygens (including phenoxy) is 3. The monoisotopic (exact) mass is 724 g/mol. The molecule has 0 saturated heterocycles. The lowest BCUT2D eigenvalue weighted by Gasteiger charge is -2.32. The number of hydrogen-bond acceptors (Lipinski definition) is 7. The normalized spacial score (nSPS) is 12.5. The van der Waals surface area contributed by atoms with Crippen molar-refractivity contribution in [2.45, 2.75) is 91.4 Å². The summed E-state index contributed by atoms with van der Waals surface area (Å²) in [6, 6.07) is 29.6. The lowest BCUT2D eigenvalue weighted by atomic mass is 9.98. The third-order valence-electron chi connectivity index (χ3n) is 8.39. The van der Waals surface area contributed by atoms with Gasteiger partial charge in [0.25, 0.3) is 0 Å². The molecule has 3 N–H and O–H groups in total. The summed E-state index contributed by atoms with van der Waals surface area (Å²) >= 11 is 0. The summed E-state index contributed by atoms with van der Waals surface area (Å²) in [5.74, 6) is 0.0156. The van der Waals surface area contributed by atoms with Gasteiger partial charge in [-0.25, -0.2) is 4.79 Å². The summed E-state index contributed by atoms with van der Waals surface area (Å²) < 4.78 is 17.9. The quantitative estimate of drug-likeness (QED) is 0.0689. The minimum atomic E-state index is -0.932. The average Bonchev–Trinajstić information content (AvgIpc) is 3.10. The van der Waals surface area contributed by atoms with Crippen molar-refractivity contribution in [3.05, 3.63) is 114 Å². The Hall–Kier alpha value is -4.77. The number of carbonyl (C=O) groups is 3. The van der Waals surface area contributed by atoms with E-state index in [0.717, 1.165) is 21.9 Å². The van der Waals surface area contributed by atoms with Gasteiger partial charge >= 0.3 is 6.03 Å². The average molecular weight is 725 g/mol. The molecular formula is C43H56N4O6. The van der Waals surface area contributed by atoms with Crippen molar-refractivity contribution >= 4 is 28.5 Å². The fraction of sp³-hybridized carbons (Fsp3) is 0.419. The van der Waals surface area contributed by atoms with Gasteiger partial charge in [-0.2, -0.15) is 0 Å². The summed E-state index contributed by atoms with van der Waals surface area (Å²) in [6.07, 6.45) is -0.602. The molecule has 284 valence electrons. The molecule has 3 amide bonds. The van der Waals surface area contributed by atoms with Gasteiger partial charge < -0.3 is 30.2 Å². The molecule has 0 heterocycles. The van der Waals surface area contributed by atoms with E-state index in [-0.39, 0.29) is 24.7 Å². The van der Waals surface area contributed by atoms with Gasteiger partial charge in [-0.3, -0.25) is 14.5 Å². The van der Waals surface area contributed by atoms with Crippen LogP contribution in [0.5, 0.6) is 5.75 Å². The molecule has 53 heavy (non-hydrogen) atoms. The van der Waals surface area contributed by atoms with Crippen molar-refractivity contribution in [1.82, 2.24) is 20.9 Å². The fourth-order valence-corrected chi connectivity index (χ4v) is 6.13. The highest BCUT2D eigenvalue weighted by molar-refractivity contribution is 6.02. The zero-order chi connectivity index (χ0) is 38.4. The second-order valence-corrected chi connectivity index (χ2v) is 14.7. The number of rotatable bonds is 19. The highest BCUT2D eigenvalue weighted by Crippen LogP contribution is 2.23. The van der Waals surface area contributed by atoms with Crippen molar-refractivity contribution < 1.29 is 28.6 Å². The lowest BCUT2D eigenvalue weighted by molar-refractivity contribution is -0.148. The van der Waals surface area contributed by atoms with Crippen LogP contribution in [0, 0.1) is 0 Å². The van der Waals surface area contributed by atoms with Crippen molar-refractivity contribution in [3.63, 3.8) is 0 Å². The van der Waals surface area contributed by atoms with E-state index in [1.165, 1.54) is 0 Å². The number of urea groups is 1. The Morgan fingerprint density at radius 2 is 1.40 bits per heavy atom. The Balaban J connectivity index is 1.59. The highest BCUT2D eigenvalue weighted by Gasteiger charge is 2.30. The van der Waals surface area contributed by atoms with Crippen molar-refractivity contribution in [2.24, 2.45) is 0 Å². The van der Waals surface area contributed by atoms with Crippen LogP contribution in [0.1, 0.15) is 76.4 Å². The Kier molecular flexibility index (Phi) is 15.0. The minimum absolute atomic E-state index is 0.0578. The van der Waals surface area contributed by atoms with Crippen molar-refractivity contribution in [1.29, 1.82) is 0 Å². The van der Waals surface area contributed by atoms with E-state index in [1.807, 2.05) is 83.1 Å². The topological polar surface area (TPSA) is 118 Å². The maximum Gasteiger partial charge on any atom is 0.315 e. The molecule has 0 spiro atoms. The van der Waals surface area contributed by atoms with Crippen LogP contribution in [0.4, 0.5) is 4.79 Å². The third-order valence-corrected chi connectivity index (χ3v) is 8.39. The molecule has 1 unspecified atom stereocenters. The molecule has 0 aliphatic carbocycles. The van der Waals surface area contributed by atoms with E-state index in [4.69, 9.17) is 14.2 Å². The SMILES string of the molecule is CCOC(CN(Cc1cccc2ccccc12)CC(NC(=O)CC(C)(C)NC(=O)NCc1ccccc1)C(=O)c1ccc(OC(C)(C)C)cc1)OCC. The first-order valence-electron chi connectivity index (χ1n) is 18.4. The maximum atomic E-state index is 14.4. The first-order chi connectivity index (χ1) is 25.2. The molecule has 0 saturated carbocycles. The summed E-state index contributed by atoms with van der Waals surface area (Å²) in [6.45, 7) is 15.5. The predicted molar refractivity (Wildman–Crippen MR) is 210 cm³/mol. The molecule has 4 rings (SSSR count). The van der Waals surface area contributed by atoms with E-state index in [1.54, 1.807) is 38.1 Å². The van der Waals surface area contributed by atoms with E-state index in [2.05, 4.69) is 45.1 Å². The first-order valence-corrected chi connectivity index (χ1v) is 18.4. The number of fused-ring (bicyclic) bond motifs is 1. The molecule has 10 nitrogen and oxygen atoms in total. The number of amides is 3. The zero-order valence-electron chi connectivity index (χ0n) is 32.2. The first kappa shape index (κ1) is 41.0. The van der Waals surface area contributed by atoms with Crippen LogP contribution in [0.3, 0.4) is 0 Å². The van der Waals surface area contributed by atoms with Crippen LogP contribution in [0.25, 0.3) is 10.8 Å². The molecule has 0 radical (unpaired) electrons. The second-order valence-electron chi connectivity index (χ2n) is 14.7. The van der Waals surface area contributed by atoms with E-state index >= 15 is 0 Å². The molecule has 0 aromatic heterocycles. The van der Waals surface area contributed by atoms with Gasteiger partial charge in [0, 0.05) is 56.9 Å². The summed E-state index contributed by atoms with van der Waals surface area (Å²) in [5.41, 5.74) is 1.15. The van der Waals surface area contributed by atoms with Crippen molar-refractivity contribution in [3.8, 4) is 5.75 Å². The molecule has 4 aromatic rings. The molecule has 4 aromatic carbocycles. The Labute approximate surface area is 314 Å².